The van der Waals surface area contributed by atoms with Gasteiger partial charge in [0.15, 0.2) is 0 Å². The van der Waals surface area contributed by atoms with Crippen LogP contribution < -0.4 is 10.6 Å². The molecule has 3 aliphatic rings. The molecule has 2 N–H and O–H groups in total. The van der Waals surface area contributed by atoms with Crippen molar-refractivity contribution in [2.24, 2.45) is 0 Å². The Morgan fingerprint density at radius 2 is 2.00 bits per heavy atom. The Morgan fingerprint density at radius 1 is 1.19 bits per heavy atom. The minimum Gasteiger partial charge on any atom is -0.488 e. The molecule has 2 heterocycles. The minimum atomic E-state index is -0.247. The Kier molecular flexibility index (Phi) is 4.39. The molecule has 0 aromatic heterocycles. The SMILES string of the molecule is O=CC1NC2C=C1C(OC1=CC(=O)NC1)CCCCCC2. The quantitative estimate of drug-likeness (QED) is 0.605. The first-order chi connectivity index (χ1) is 10.3. The van der Waals surface area contributed by atoms with Crippen LogP contribution in [0.2, 0.25) is 0 Å². The van der Waals surface area contributed by atoms with Crippen LogP contribution >= 0.6 is 0 Å². The molecule has 2 bridgehead atoms. The predicted molar refractivity (Wildman–Crippen MR) is 78.5 cm³/mol. The van der Waals surface area contributed by atoms with Crippen molar-refractivity contribution in [2.45, 2.75) is 56.7 Å². The van der Waals surface area contributed by atoms with Crippen molar-refractivity contribution in [2.75, 3.05) is 6.54 Å². The molecule has 5 nitrogen and oxygen atoms in total. The van der Waals surface area contributed by atoms with Crippen LogP contribution in [-0.4, -0.2) is 36.9 Å². The first-order valence-electron chi connectivity index (χ1n) is 7.84. The van der Waals surface area contributed by atoms with E-state index in [0.717, 1.165) is 31.1 Å². The van der Waals surface area contributed by atoms with Gasteiger partial charge in [0.2, 0.25) is 5.91 Å². The lowest BCUT2D eigenvalue weighted by Gasteiger charge is -2.23. The second-order valence-corrected chi connectivity index (χ2v) is 5.98. The van der Waals surface area contributed by atoms with Gasteiger partial charge in [-0.2, -0.15) is 0 Å². The van der Waals surface area contributed by atoms with Gasteiger partial charge >= 0.3 is 0 Å². The molecule has 0 radical (unpaired) electrons. The van der Waals surface area contributed by atoms with Crippen LogP contribution in [-0.2, 0) is 14.3 Å². The first-order valence-corrected chi connectivity index (χ1v) is 7.84. The van der Waals surface area contributed by atoms with E-state index in [1.54, 1.807) is 0 Å². The fourth-order valence-electron chi connectivity index (χ4n) is 3.33. The maximum atomic E-state index is 11.3. The van der Waals surface area contributed by atoms with Gasteiger partial charge in [0.05, 0.1) is 12.6 Å². The summed E-state index contributed by atoms with van der Waals surface area (Å²) in [5.74, 6) is 0.573. The first kappa shape index (κ1) is 14.3. The van der Waals surface area contributed by atoms with Crippen molar-refractivity contribution in [1.82, 2.24) is 10.6 Å². The second kappa shape index (κ2) is 6.43. The molecule has 0 aromatic carbocycles. The number of carbonyl (C=O) groups is 2. The number of aldehydes is 1. The molecule has 1 amide bonds. The lowest BCUT2D eigenvalue weighted by molar-refractivity contribution is -0.115. The molecule has 114 valence electrons. The van der Waals surface area contributed by atoms with E-state index in [2.05, 4.69) is 16.7 Å². The van der Waals surface area contributed by atoms with E-state index in [4.69, 9.17) is 4.74 Å². The topological polar surface area (TPSA) is 67.4 Å². The van der Waals surface area contributed by atoms with Gasteiger partial charge in [0.1, 0.15) is 18.1 Å². The third kappa shape index (κ3) is 3.35. The Morgan fingerprint density at radius 3 is 2.71 bits per heavy atom. The third-order valence-electron chi connectivity index (χ3n) is 4.41. The normalized spacial score (nSPS) is 33.0. The number of fused-ring (bicyclic) bond motifs is 1. The van der Waals surface area contributed by atoms with Crippen LogP contribution in [0.5, 0.6) is 0 Å². The summed E-state index contributed by atoms with van der Waals surface area (Å²) < 4.78 is 6.03. The van der Waals surface area contributed by atoms with E-state index in [-0.39, 0.29) is 24.1 Å². The molecule has 3 rings (SSSR count). The van der Waals surface area contributed by atoms with E-state index in [0.29, 0.717) is 12.3 Å². The Balaban J connectivity index is 1.78. The molecule has 0 aromatic rings. The zero-order chi connectivity index (χ0) is 14.7. The number of hydrogen-bond acceptors (Lipinski definition) is 4. The summed E-state index contributed by atoms with van der Waals surface area (Å²) in [6.45, 7) is 0.450. The van der Waals surface area contributed by atoms with E-state index in [1.807, 2.05) is 0 Å². The number of rotatable bonds is 3. The van der Waals surface area contributed by atoms with Gasteiger partial charge in [-0.25, -0.2) is 0 Å². The molecule has 3 atom stereocenters. The van der Waals surface area contributed by atoms with Crippen molar-refractivity contribution in [3.05, 3.63) is 23.5 Å². The zero-order valence-electron chi connectivity index (χ0n) is 12.1. The molecule has 0 fully saturated rings. The van der Waals surface area contributed by atoms with Gasteiger partial charge in [0, 0.05) is 12.1 Å². The maximum absolute atomic E-state index is 11.3. The summed E-state index contributed by atoms with van der Waals surface area (Å²) in [4.78, 5) is 22.6. The molecule has 0 saturated heterocycles. The summed E-state index contributed by atoms with van der Waals surface area (Å²) in [5.41, 5.74) is 1.04. The van der Waals surface area contributed by atoms with E-state index < -0.39 is 0 Å². The highest BCUT2D eigenvalue weighted by atomic mass is 16.5. The molecule has 2 aliphatic heterocycles. The highest BCUT2D eigenvalue weighted by Gasteiger charge is 2.32. The van der Waals surface area contributed by atoms with Gasteiger partial charge < -0.3 is 14.8 Å². The van der Waals surface area contributed by atoms with Crippen LogP contribution in [0.3, 0.4) is 0 Å². The largest absolute Gasteiger partial charge is 0.488 e. The lowest BCUT2D eigenvalue weighted by Crippen LogP contribution is -2.35. The molecule has 0 spiro atoms. The molecule has 5 heteroatoms. The van der Waals surface area contributed by atoms with E-state index in [9.17, 15) is 9.59 Å². The standard InChI is InChI=1S/C16H22N2O3/c19-10-14-13-7-11(18-14)5-3-1-2-4-6-15(13)21-12-8-16(20)17-9-12/h7-8,10-11,14-15,18H,1-6,9H2,(H,17,20). The summed E-state index contributed by atoms with van der Waals surface area (Å²) in [6.07, 6.45) is 11.2. The van der Waals surface area contributed by atoms with Crippen molar-refractivity contribution >= 4 is 12.2 Å². The van der Waals surface area contributed by atoms with E-state index >= 15 is 0 Å². The van der Waals surface area contributed by atoms with Crippen LogP contribution in [0, 0.1) is 0 Å². The monoisotopic (exact) mass is 290 g/mol. The van der Waals surface area contributed by atoms with Crippen molar-refractivity contribution in [1.29, 1.82) is 0 Å². The molecular formula is C16H22N2O3. The Bertz CT molecular complexity index is 484. The Labute approximate surface area is 124 Å². The average molecular weight is 290 g/mol. The summed E-state index contributed by atoms with van der Waals surface area (Å²) in [7, 11) is 0. The van der Waals surface area contributed by atoms with Crippen molar-refractivity contribution < 1.29 is 14.3 Å². The zero-order valence-corrected chi connectivity index (χ0v) is 12.1. The number of nitrogens with one attached hydrogen (secondary N) is 2. The smallest absolute Gasteiger partial charge is 0.247 e. The second-order valence-electron chi connectivity index (χ2n) is 5.98. The molecular weight excluding hydrogens is 268 g/mol. The van der Waals surface area contributed by atoms with Gasteiger partial charge in [-0.1, -0.05) is 25.3 Å². The maximum Gasteiger partial charge on any atom is 0.247 e. The highest BCUT2D eigenvalue weighted by molar-refractivity contribution is 5.90. The van der Waals surface area contributed by atoms with Gasteiger partial charge in [-0.05, 0) is 24.8 Å². The highest BCUT2D eigenvalue weighted by Crippen LogP contribution is 2.28. The molecule has 0 saturated carbocycles. The Hall–Kier alpha value is -1.62. The minimum absolute atomic E-state index is 0.102. The molecule has 21 heavy (non-hydrogen) atoms. The summed E-state index contributed by atoms with van der Waals surface area (Å²) >= 11 is 0. The average Bonchev–Trinajstić information content (AvgIpc) is 3.07. The predicted octanol–water partition coefficient (Wildman–Crippen LogP) is 1.21. The molecule has 1 aliphatic carbocycles. The summed E-state index contributed by atoms with van der Waals surface area (Å²) in [5, 5.41) is 6.08. The van der Waals surface area contributed by atoms with Crippen molar-refractivity contribution in [3.8, 4) is 0 Å². The van der Waals surface area contributed by atoms with Crippen molar-refractivity contribution in [3.63, 3.8) is 0 Å². The molecule has 3 unspecified atom stereocenters. The van der Waals surface area contributed by atoms with Crippen LogP contribution in [0.25, 0.3) is 0 Å². The number of hydrogen-bond donors (Lipinski definition) is 2. The summed E-state index contributed by atoms with van der Waals surface area (Å²) in [6, 6.07) is 0.0282. The van der Waals surface area contributed by atoms with Crippen LogP contribution in [0.1, 0.15) is 38.5 Å². The van der Waals surface area contributed by atoms with Gasteiger partial charge in [-0.15, -0.1) is 0 Å². The third-order valence-corrected chi connectivity index (χ3v) is 4.41. The van der Waals surface area contributed by atoms with Gasteiger partial charge in [0.25, 0.3) is 0 Å². The number of carbonyl (C=O) groups excluding carboxylic acids is 2. The number of amides is 1. The van der Waals surface area contributed by atoms with E-state index in [1.165, 1.54) is 25.3 Å². The van der Waals surface area contributed by atoms with Crippen LogP contribution in [0.4, 0.5) is 0 Å². The van der Waals surface area contributed by atoms with Gasteiger partial charge in [-0.3, -0.25) is 10.1 Å². The number of ether oxygens (including phenoxy) is 1. The fourth-order valence-corrected chi connectivity index (χ4v) is 3.33. The van der Waals surface area contributed by atoms with Crippen LogP contribution in [0.15, 0.2) is 23.5 Å². The fraction of sp³-hybridized carbons (Fsp3) is 0.625. The lowest BCUT2D eigenvalue weighted by atomic mass is 9.96.